The summed E-state index contributed by atoms with van der Waals surface area (Å²) in [5.41, 5.74) is 1.57. The fraction of sp³-hybridized carbons (Fsp3) is 0.750. The van der Waals surface area contributed by atoms with Gasteiger partial charge in [0.1, 0.15) is 0 Å². The molecule has 1 aromatic heterocycles. The quantitative estimate of drug-likeness (QED) is 0.635. The highest BCUT2D eigenvalue weighted by Gasteiger charge is 2.30. The van der Waals surface area contributed by atoms with Crippen LogP contribution in [0.5, 0.6) is 0 Å². The maximum atomic E-state index is 4.67. The first-order valence-electron chi connectivity index (χ1n) is 5.63. The van der Waals surface area contributed by atoms with Crippen molar-refractivity contribution in [3.05, 3.63) is 16.1 Å². The van der Waals surface area contributed by atoms with Crippen LogP contribution >= 0.6 is 11.3 Å². The van der Waals surface area contributed by atoms with Crippen molar-refractivity contribution in [3.8, 4) is 0 Å². The molecule has 1 nitrogen and oxygen atoms in total. The summed E-state index contributed by atoms with van der Waals surface area (Å²) in [7, 11) is 0. The molecule has 1 heterocycles. The summed E-state index contributed by atoms with van der Waals surface area (Å²) >= 11 is 1.85. The van der Waals surface area contributed by atoms with Crippen LogP contribution in [-0.4, -0.2) is 4.98 Å². The lowest BCUT2D eigenvalue weighted by atomic mass is 9.83. The van der Waals surface area contributed by atoms with Crippen molar-refractivity contribution in [1.82, 2.24) is 4.98 Å². The molecule has 0 radical (unpaired) electrons. The number of rotatable bonds is 1. The Balaban J connectivity index is 2.20. The van der Waals surface area contributed by atoms with Gasteiger partial charge in [-0.25, -0.2) is 4.98 Å². The smallest absolute Gasteiger partial charge is 0.0987 e. The van der Waals surface area contributed by atoms with Crippen LogP contribution in [0.2, 0.25) is 0 Å². The number of hydrogen-bond donors (Lipinski definition) is 0. The molecular weight excluding hydrogens is 190 g/mol. The van der Waals surface area contributed by atoms with E-state index >= 15 is 0 Å². The monoisotopic (exact) mass is 209 g/mol. The Bertz CT molecular complexity index is 295. The normalized spacial score (nSPS) is 21.9. The summed E-state index contributed by atoms with van der Waals surface area (Å²) in [6, 6.07) is 0. The summed E-state index contributed by atoms with van der Waals surface area (Å²) in [5, 5.41) is 3.56. The number of thiazole rings is 1. The first kappa shape index (κ1) is 10.2. The summed E-state index contributed by atoms with van der Waals surface area (Å²) < 4.78 is 0. The molecule has 1 saturated carbocycles. The topological polar surface area (TPSA) is 12.9 Å². The van der Waals surface area contributed by atoms with Gasteiger partial charge in [0.2, 0.25) is 0 Å². The molecule has 0 unspecified atom stereocenters. The minimum atomic E-state index is 0.384. The summed E-state index contributed by atoms with van der Waals surface area (Å²) in [6.07, 6.45) is 8.27. The molecule has 0 aliphatic heterocycles. The van der Waals surface area contributed by atoms with Crippen molar-refractivity contribution in [2.75, 3.05) is 0 Å². The summed E-state index contributed by atoms with van der Waals surface area (Å²) in [4.78, 5) is 4.67. The fourth-order valence-electron chi connectivity index (χ4n) is 2.35. The predicted molar refractivity (Wildman–Crippen MR) is 61.9 cm³/mol. The van der Waals surface area contributed by atoms with E-state index in [1.54, 1.807) is 0 Å². The Morgan fingerprint density at radius 2 is 1.86 bits per heavy atom. The van der Waals surface area contributed by atoms with Crippen molar-refractivity contribution in [2.24, 2.45) is 0 Å². The van der Waals surface area contributed by atoms with Gasteiger partial charge in [0.15, 0.2) is 0 Å². The van der Waals surface area contributed by atoms with Crippen LogP contribution in [0.1, 0.15) is 56.2 Å². The summed E-state index contributed by atoms with van der Waals surface area (Å²) in [5.74, 6) is 0. The van der Waals surface area contributed by atoms with Gasteiger partial charge >= 0.3 is 0 Å². The fourth-order valence-corrected chi connectivity index (χ4v) is 3.37. The Labute approximate surface area is 90.6 Å². The second-order valence-electron chi connectivity index (χ2n) is 4.77. The van der Waals surface area contributed by atoms with E-state index in [-0.39, 0.29) is 0 Å². The highest BCUT2D eigenvalue weighted by Crippen LogP contribution is 2.39. The maximum Gasteiger partial charge on any atom is 0.0987 e. The van der Waals surface area contributed by atoms with Crippen LogP contribution in [0.15, 0.2) is 5.38 Å². The lowest BCUT2D eigenvalue weighted by Crippen LogP contribution is -2.20. The predicted octanol–water partition coefficient (Wildman–Crippen LogP) is 4.06. The third-order valence-corrected chi connectivity index (χ3v) is 4.61. The van der Waals surface area contributed by atoms with E-state index in [1.165, 1.54) is 49.2 Å². The lowest BCUT2D eigenvalue weighted by Gasteiger charge is -2.25. The Kier molecular flexibility index (Phi) is 2.91. The lowest BCUT2D eigenvalue weighted by molar-refractivity contribution is 0.407. The Hall–Kier alpha value is -0.370. The van der Waals surface area contributed by atoms with E-state index in [1.807, 2.05) is 11.3 Å². The highest BCUT2D eigenvalue weighted by atomic mass is 32.1. The molecule has 0 atom stereocenters. The van der Waals surface area contributed by atoms with Gasteiger partial charge in [-0.05, 0) is 19.8 Å². The minimum absolute atomic E-state index is 0.384. The number of hydrogen-bond acceptors (Lipinski definition) is 2. The third kappa shape index (κ3) is 2.00. The average Bonchev–Trinajstić information content (AvgIpc) is 2.47. The van der Waals surface area contributed by atoms with Crippen LogP contribution in [0, 0.1) is 6.92 Å². The van der Waals surface area contributed by atoms with E-state index in [2.05, 4.69) is 24.2 Å². The molecule has 0 amide bonds. The molecule has 1 fully saturated rings. The third-order valence-electron chi connectivity index (χ3n) is 3.34. The number of aromatic nitrogens is 1. The van der Waals surface area contributed by atoms with Crippen LogP contribution in [-0.2, 0) is 5.41 Å². The molecule has 0 spiro atoms. The molecule has 78 valence electrons. The van der Waals surface area contributed by atoms with Gasteiger partial charge < -0.3 is 0 Å². The van der Waals surface area contributed by atoms with Gasteiger partial charge in [-0.3, -0.25) is 0 Å². The van der Waals surface area contributed by atoms with Crippen molar-refractivity contribution >= 4 is 11.3 Å². The van der Waals surface area contributed by atoms with Crippen LogP contribution < -0.4 is 0 Å². The van der Waals surface area contributed by atoms with Gasteiger partial charge in [-0.1, -0.05) is 32.6 Å². The van der Waals surface area contributed by atoms with Crippen LogP contribution in [0.4, 0.5) is 0 Å². The SMILES string of the molecule is Cc1csc(C2(C)CCCCCC2)n1. The largest absolute Gasteiger partial charge is 0.246 e. The van der Waals surface area contributed by atoms with E-state index < -0.39 is 0 Å². The standard InChI is InChI=1S/C12H19NS/c1-10-9-14-11(13-10)12(2)7-5-3-4-6-8-12/h9H,3-8H2,1-2H3. The Morgan fingerprint density at radius 3 is 2.36 bits per heavy atom. The van der Waals surface area contributed by atoms with Gasteiger partial charge in [0.25, 0.3) is 0 Å². The molecule has 0 aromatic carbocycles. The van der Waals surface area contributed by atoms with Crippen molar-refractivity contribution < 1.29 is 0 Å². The van der Waals surface area contributed by atoms with Crippen LogP contribution in [0.25, 0.3) is 0 Å². The van der Waals surface area contributed by atoms with Crippen molar-refractivity contribution in [2.45, 2.75) is 57.8 Å². The average molecular weight is 209 g/mol. The first-order valence-corrected chi connectivity index (χ1v) is 6.51. The zero-order chi connectivity index (χ0) is 10.0. The molecule has 2 rings (SSSR count). The zero-order valence-corrected chi connectivity index (χ0v) is 9.99. The molecule has 0 bridgehead atoms. The molecule has 1 aliphatic carbocycles. The van der Waals surface area contributed by atoms with E-state index in [0.717, 1.165) is 0 Å². The Morgan fingerprint density at radius 1 is 1.21 bits per heavy atom. The van der Waals surface area contributed by atoms with Crippen LogP contribution in [0.3, 0.4) is 0 Å². The first-order chi connectivity index (χ1) is 6.71. The van der Waals surface area contributed by atoms with E-state index in [9.17, 15) is 0 Å². The zero-order valence-electron chi connectivity index (χ0n) is 9.18. The number of nitrogens with zero attached hydrogens (tertiary/aromatic N) is 1. The molecule has 0 N–H and O–H groups in total. The summed E-state index contributed by atoms with van der Waals surface area (Å²) in [6.45, 7) is 4.50. The second kappa shape index (κ2) is 4.01. The molecule has 1 aliphatic rings. The van der Waals surface area contributed by atoms with Gasteiger partial charge in [0.05, 0.1) is 5.01 Å². The molecule has 2 heteroatoms. The van der Waals surface area contributed by atoms with Gasteiger partial charge in [-0.2, -0.15) is 0 Å². The highest BCUT2D eigenvalue weighted by molar-refractivity contribution is 7.09. The molecule has 0 saturated heterocycles. The molecule has 14 heavy (non-hydrogen) atoms. The maximum absolute atomic E-state index is 4.67. The minimum Gasteiger partial charge on any atom is -0.246 e. The second-order valence-corrected chi connectivity index (χ2v) is 5.63. The van der Waals surface area contributed by atoms with Crippen molar-refractivity contribution in [3.63, 3.8) is 0 Å². The molecular formula is C12H19NS. The van der Waals surface area contributed by atoms with Crippen molar-refractivity contribution in [1.29, 1.82) is 0 Å². The van der Waals surface area contributed by atoms with E-state index in [4.69, 9.17) is 0 Å². The van der Waals surface area contributed by atoms with Gasteiger partial charge in [0, 0.05) is 16.5 Å². The molecule has 1 aromatic rings. The van der Waals surface area contributed by atoms with E-state index in [0.29, 0.717) is 5.41 Å². The van der Waals surface area contributed by atoms with Gasteiger partial charge in [-0.15, -0.1) is 11.3 Å². The number of aryl methyl sites for hydroxylation is 1.